The van der Waals surface area contributed by atoms with E-state index >= 15 is 0 Å². The van der Waals surface area contributed by atoms with Gasteiger partial charge in [-0.2, -0.15) is 0 Å². The van der Waals surface area contributed by atoms with Gasteiger partial charge in [0.2, 0.25) is 0 Å². The molecule has 0 atom stereocenters. The van der Waals surface area contributed by atoms with Crippen LogP contribution in [0.15, 0.2) is 42.5 Å². The lowest BCUT2D eigenvalue weighted by molar-refractivity contribution is 0.292. The zero-order chi connectivity index (χ0) is 17.9. The van der Waals surface area contributed by atoms with Gasteiger partial charge in [-0.15, -0.1) is 0 Å². The van der Waals surface area contributed by atoms with Gasteiger partial charge in [0.15, 0.2) is 0 Å². The molecule has 0 heterocycles. The number of hydrogen-bond acceptors (Lipinski definition) is 4. The van der Waals surface area contributed by atoms with Crippen LogP contribution in [0.25, 0.3) is 0 Å². The van der Waals surface area contributed by atoms with Crippen molar-refractivity contribution in [2.45, 2.75) is 19.6 Å². The van der Waals surface area contributed by atoms with E-state index < -0.39 is 0 Å². The lowest BCUT2D eigenvalue weighted by Gasteiger charge is -2.13. The van der Waals surface area contributed by atoms with E-state index in [0.717, 1.165) is 42.9 Å². The Labute approximate surface area is 159 Å². The molecule has 0 aliphatic carbocycles. The molecule has 0 spiro atoms. The van der Waals surface area contributed by atoms with Gasteiger partial charge in [0.05, 0.1) is 16.7 Å². The zero-order valence-corrected chi connectivity index (χ0v) is 15.6. The number of halogens is 2. The van der Waals surface area contributed by atoms with E-state index in [2.05, 4.69) is 16.7 Å². The minimum atomic E-state index is 0.178. The van der Waals surface area contributed by atoms with Gasteiger partial charge < -0.3 is 20.5 Å². The van der Waals surface area contributed by atoms with Crippen LogP contribution in [0.4, 0.5) is 0 Å². The predicted molar refractivity (Wildman–Crippen MR) is 104 cm³/mol. The van der Waals surface area contributed by atoms with Crippen LogP contribution in [-0.4, -0.2) is 31.3 Å². The van der Waals surface area contributed by atoms with Crippen LogP contribution >= 0.6 is 23.2 Å². The topological polar surface area (TPSA) is 53.5 Å². The molecule has 0 unspecified atom stereocenters. The molecule has 25 heavy (non-hydrogen) atoms. The highest BCUT2D eigenvalue weighted by atomic mass is 35.5. The molecule has 0 aliphatic heterocycles. The first-order chi connectivity index (χ1) is 12.2. The fraction of sp³-hybridized carbons (Fsp3) is 0.368. The molecule has 0 saturated carbocycles. The lowest BCUT2D eigenvalue weighted by atomic mass is 10.2. The first kappa shape index (κ1) is 20.0. The van der Waals surface area contributed by atoms with Crippen LogP contribution in [0.3, 0.4) is 0 Å². The number of benzene rings is 2. The summed E-state index contributed by atoms with van der Waals surface area (Å²) < 4.78 is 5.95. The number of nitrogens with one attached hydrogen (secondary N) is 2. The highest BCUT2D eigenvalue weighted by Crippen LogP contribution is 2.24. The Balaban J connectivity index is 1.80. The van der Waals surface area contributed by atoms with E-state index in [9.17, 15) is 0 Å². The molecule has 4 nitrogen and oxygen atoms in total. The van der Waals surface area contributed by atoms with E-state index in [1.54, 1.807) is 6.07 Å². The second-order valence-corrected chi connectivity index (χ2v) is 6.46. The van der Waals surface area contributed by atoms with E-state index in [0.29, 0.717) is 23.2 Å². The van der Waals surface area contributed by atoms with Crippen molar-refractivity contribution in [2.24, 2.45) is 0 Å². The van der Waals surface area contributed by atoms with Crippen molar-refractivity contribution in [3.63, 3.8) is 0 Å². The molecular formula is C19H24Cl2N2O2. The lowest BCUT2D eigenvalue weighted by Crippen LogP contribution is -2.24. The van der Waals surface area contributed by atoms with Gasteiger partial charge >= 0.3 is 0 Å². The number of para-hydroxylation sites is 1. The first-order valence-corrected chi connectivity index (χ1v) is 9.13. The predicted octanol–water partition coefficient (Wildman–Crippen LogP) is 3.63. The highest BCUT2D eigenvalue weighted by Gasteiger charge is 2.05. The Morgan fingerprint density at radius 2 is 1.72 bits per heavy atom. The number of rotatable bonds is 11. The molecule has 2 rings (SSSR count). The van der Waals surface area contributed by atoms with Crippen molar-refractivity contribution in [1.82, 2.24) is 10.6 Å². The minimum absolute atomic E-state index is 0.178. The van der Waals surface area contributed by atoms with Crippen molar-refractivity contribution < 1.29 is 9.84 Å². The summed E-state index contributed by atoms with van der Waals surface area (Å²) in [5.74, 6) is 0.861. The van der Waals surface area contributed by atoms with Gasteiger partial charge in [0, 0.05) is 18.7 Å². The normalized spacial score (nSPS) is 10.8. The summed E-state index contributed by atoms with van der Waals surface area (Å²) in [7, 11) is 0. The average molecular weight is 383 g/mol. The van der Waals surface area contributed by atoms with Gasteiger partial charge in [0.1, 0.15) is 12.4 Å². The summed E-state index contributed by atoms with van der Waals surface area (Å²) >= 11 is 12.0. The quantitative estimate of drug-likeness (QED) is 0.519. The molecule has 6 heteroatoms. The summed E-state index contributed by atoms with van der Waals surface area (Å²) in [6.07, 6.45) is 1.01. The maximum atomic E-state index is 8.70. The Bertz CT molecular complexity index is 653. The van der Waals surface area contributed by atoms with Crippen LogP contribution in [0.2, 0.25) is 10.0 Å². The molecule has 0 fully saturated rings. The largest absolute Gasteiger partial charge is 0.489 e. The molecular weight excluding hydrogens is 359 g/mol. The Morgan fingerprint density at radius 1 is 0.920 bits per heavy atom. The summed E-state index contributed by atoms with van der Waals surface area (Å²) in [6, 6.07) is 13.5. The van der Waals surface area contributed by atoms with Gasteiger partial charge in [-0.1, -0.05) is 47.5 Å². The van der Waals surface area contributed by atoms with Crippen molar-refractivity contribution in [1.29, 1.82) is 0 Å². The van der Waals surface area contributed by atoms with Crippen LogP contribution in [-0.2, 0) is 13.2 Å². The SMILES string of the molecule is OCCNCCCNCc1ccccc1OCc1ccc(Cl)c(Cl)c1. The summed E-state index contributed by atoms with van der Waals surface area (Å²) in [5, 5.41) is 16.4. The van der Waals surface area contributed by atoms with Gasteiger partial charge in [-0.3, -0.25) is 0 Å². The summed E-state index contributed by atoms with van der Waals surface area (Å²) in [5.41, 5.74) is 2.10. The number of hydrogen-bond donors (Lipinski definition) is 3. The molecule has 0 aliphatic rings. The monoisotopic (exact) mass is 382 g/mol. The molecule has 136 valence electrons. The number of aliphatic hydroxyl groups excluding tert-OH is 1. The third-order valence-electron chi connectivity index (χ3n) is 3.66. The number of ether oxygens (including phenoxy) is 1. The van der Waals surface area contributed by atoms with Crippen molar-refractivity contribution >= 4 is 23.2 Å². The van der Waals surface area contributed by atoms with Gasteiger partial charge in [-0.05, 0) is 43.3 Å². The molecule has 0 bridgehead atoms. The molecule has 2 aromatic carbocycles. The third-order valence-corrected chi connectivity index (χ3v) is 4.40. The number of aliphatic hydroxyl groups is 1. The molecule has 0 amide bonds. The fourth-order valence-electron chi connectivity index (χ4n) is 2.35. The molecule has 3 N–H and O–H groups in total. The standard InChI is InChI=1S/C19H24Cl2N2O2/c20-17-7-6-15(12-18(17)21)14-25-19-5-2-1-4-16(19)13-23-9-3-8-22-10-11-24/h1-2,4-7,12,22-24H,3,8-11,13-14H2. The highest BCUT2D eigenvalue weighted by molar-refractivity contribution is 6.42. The van der Waals surface area contributed by atoms with Crippen molar-refractivity contribution in [3.05, 3.63) is 63.6 Å². The van der Waals surface area contributed by atoms with Crippen LogP contribution < -0.4 is 15.4 Å². The maximum Gasteiger partial charge on any atom is 0.124 e. The Kier molecular flexibility index (Phi) is 9.08. The second kappa shape index (κ2) is 11.3. The van der Waals surface area contributed by atoms with Crippen molar-refractivity contribution in [2.75, 3.05) is 26.2 Å². The third kappa shape index (κ3) is 7.22. The van der Waals surface area contributed by atoms with Gasteiger partial charge in [0.25, 0.3) is 0 Å². The molecule has 0 radical (unpaired) electrons. The average Bonchev–Trinajstić information content (AvgIpc) is 2.63. The van der Waals surface area contributed by atoms with E-state index in [4.69, 9.17) is 33.0 Å². The van der Waals surface area contributed by atoms with Crippen LogP contribution in [0, 0.1) is 0 Å². The Hall–Kier alpha value is -1.30. The maximum absolute atomic E-state index is 8.70. The summed E-state index contributed by atoms with van der Waals surface area (Å²) in [6.45, 7) is 3.81. The zero-order valence-electron chi connectivity index (χ0n) is 14.1. The second-order valence-electron chi connectivity index (χ2n) is 5.65. The van der Waals surface area contributed by atoms with Crippen LogP contribution in [0.1, 0.15) is 17.5 Å². The van der Waals surface area contributed by atoms with E-state index in [-0.39, 0.29) is 6.61 Å². The van der Waals surface area contributed by atoms with Crippen LogP contribution in [0.5, 0.6) is 5.75 Å². The minimum Gasteiger partial charge on any atom is -0.489 e. The van der Waals surface area contributed by atoms with E-state index in [1.165, 1.54) is 0 Å². The first-order valence-electron chi connectivity index (χ1n) is 8.37. The van der Waals surface area contributed by atoms with Crippen molar-refractivity contribution in [3.8, 4) is 5.75 Å². The Morgan fingerprint density at radius 3 is 2.52 bits per heavy atom. The van der Waals surface area contributed by atoms with E-state index in [1.807, 2.05) is 30.3 Å². The molecule has 0 saturated heterocycles. The van der Waals surface area contributed by atoms with Gasteiger partial charge in [-0.25, -0.2) is 0 Å². The molecule has 0 aromatic heterocycles. The summed E-state index contributed by atoms with van der Waals surface area (Å²) in [4.78, 5) is 0. The fourth-order valence-corrected chi connectivity index (χ4v) is 2.67. The molecule has 2 aromatic rings. The smallest absolute Gasteiger partial charge is 0.124 e.